The van der Waals surface area contributed by atoms with Crippen molar-refractivity contribution >= 4 is 44.8 Å². The van der Waals surface area contributed by atoms with E-state index in [0.29, 0.717) is 10.0 Å². The number of anilines is 1. The van der Waals surface area contributed by atoms with Gasteiger partial charge >= 0.3 is 0 Å². The number of hydrogen-bond acceptors (Lipinski definition) is 2. The van der Waals surface area contributed by atoms with Gasteiger partial charge in [0.2, 0.25) is 0 Å². The lowest BCUT2D eigenvalue weighted by Gasteiger charge is -2.32. The molecular weight excluding hydrogens is 335 g/mol. The Kier molecular flexibility index (Phi) is 4.48. The molecule has 1 saturated heterocycles. The van der Waals surface area contributed by atoms with Crippen molar-refractivity contribution in [1.82, 2.24) is 5.32 Å². The standard InChI is InChI=1S/C13H17BrCl2N2/c1-13(2)8-18(7-3-6-17-13)10-5-4-9(14)11(15)12(10)16/h4-5,17H,3,6-8H2,1-2H3. The molecular formula is C13H17BrCl2N2. The fourth-order valence-corrected chi connectivity index (χ4v) is 3.16. The largest absolute Gasteiger partial charge is 0.368 e. The number of rotatable bonds is 1. The average molecular weight is 352 g/mol. The Hall–Kier alpha value is 0.0400. The summed E-state index contributed by atoms with van der Waals surface area (Å²) in [5.41, 5.74) is 1.10. The maximum Gasteiger partial charge on any atom is 0.0837 e. The van der Waals surface area contributed by atoms with Crippen molar-refractivity contribution in [1.29, 1.82) is 0 Å². The van der Waals surface area contributed by atoms with Crippen molar-refractivity contribution in [3.63, 3.8) is 0 Å². The number of hydrogen-bond donors (Lipinski definition) is 1. The highest BCUT2D eigenvalue weighted by Gasteiger charge is 2.25. The summed E-state index contributed by atoms with van der Waals surface area (Å²) < 4.78 is 0.838. The van der Waals surface area contributed by atoms with Crippen molar-refractivity contribution in [3.05, 3.63) is 26.7 Å². The van der Waals surface area contributed by atoms with Gasteiger partial charge in [0.05, 0.1) is 15.7 Å². The van der Waals surface area contributed by atoms with Gasteiger partial charge in [-0.15, -0.1) is 0 Å². The fourth-order valence-electron chi connectivity index (χ4n) is 2.27. The molecule has 1 aliphatic rings. The smallest absolute Gasteiger partial charge is 0.0837 e. The highest BCUT2D eigenvalue weighted by molar-refractivity contribution is 9.10. The van der Waals surface area contributed by atoms with E-state index in [4.69, 9.17) is 23.2 Å². The second-order valence-corrected chi connectivity index (χ2v) is 6.89. The molecule has 0 amide bonds. The third kappa shape index (κ3) is 3.13. The minimum absolute atomic E-state index is 0.0827. The van der Waals surface area contributed by atoms with Gasteiger partial charge in [-0.25, -0.2) is 0 Å². The first-order valence-corrected chi connectivity index (χ1v) is 7.59. The Bertz CT molecular complexity index is 449. The molecule has 0 saturated carbocycles. The van der Waals surface area contributed by atoms with Gasteiger partial charge in [0.25, 0.3) is 0 Å². The molecule has 1 heterocycles. The molecule has 0 atom stereocenters. The molecule has 1 aromatic rings. The molecule has 2 nitrogen and oxygen atoms in total. The lowest BCUT2D eigenvalue weighted by molar-refractivity contribution is 0.416. The van der Waals surface area contributed by atoms with Crippen molar-refractivity contribution in [3.8, 4) is 0 Å². The van der Waals surface area contributed by atoms with Crippen molar-refractivity contribution in [2.45, 2.75) is 25.8 Å². The van der Waals surface area contributed by atoms with Crippen LogP contribution in [0.5, 0.6) is 0 Å². The number of halogens is 3. The molecule has 1 N–H and O–H groups in total. The van der Waals surface area contributed by atoms with Crippen molar-refractivity contribution < 1.29 is 0 Å². The Morgan fingerprint density at radius 2 is 2.00 bits per heavy atom. The summed E-state index contributed by atoms with van der Waals surface area (Å²) in [5, 5.41) is 4.75. The highest BCUT2D eigenvalue weighted by Crippen LogP contribution is 2.38. The van der Waals surface area contributed by atoms with Gasteiger partial charge in [0.1, 0.15) is 0 Å². The van der Waals surface area contributed by atoms with Crippen LogP contribution in [0, 0.1) is 0 Å². The number of benzene rings is 1. The van der Waals surface area contributed by atoms with E-state index in [9.17, 15) is 0 Å². The second-order valence-electron chi connectivity index (χ2n) is 5.28. The first-order chi connectivity index (χ1) is 8.41. The number of nitrogens with zero attached hydrogens (tertiary/aromatic N) is 1. The molecule has 0 aliphatic carbocycles. The van der Waals surface area contributed by atoms with Gasteiger partial charge in [0, 0.05) is 23.1 Å². The van der Waals surface area contributed by atoms with Crippen LogP contribution in [0.3, 0.4) is 0 Å². The summed E-state index contributed by atoms with van der Waals surface area (Å²) in [6.45, 7) is 7.36. The zero-order chi connectivity index (χ0) is 13.3. The first kappa shape index (κ1) is 14.4. The lowest BCUT2D eigenvalue weighted by atomic mass is 10.1. The van der Waals surface area contributed by atoms with Gasteiger partial charge in [-0.3, -0.25) is 0 Å². The maximum absolute atomic E-state index is 6.35. The Morgan fingerprint density at radius 1 is 1.28 bits per heavy atom. The minimum Gasteiger partial charge on any atom is -0.368 e. The van der Waals surface area contributed by atoms with E-state index in [1.807, 2.05) is 12.1 Å². The van der Waals surface area contributed by atoms with E-state index in [0.717, 1.165) is 36.2 Å². The van der Waals surface area contributed by atoms with Crippen LogP contribution in [-0.4, -0.2) is 25.2 Å². The molecule has 18 heavy (non-hydrogen) atoms. The molecule has 0 radical (unpaired) electrons. The van der Waals surface area contributed by atoms with E-state index in [2.05, 4.69) is 40.0 Å². The van der Waals surface area contributed by atoms with Crippen LogP contribution >= 0.6 is 39.1 Å². The van der Waals surface area contributed by atoms with E-state index < -0.39 is 0 Å². The lowest BCUT2D eigenvalue weighted by Crippen LogP contribution is -2.46. The van der Waals surface area contributed by atoms with E-state index in [1.54, 1.807) is 0 Å². The molecule has 0 aromatic heterocycles. The Labute approximate surface area is 127 Å². The van der Waals surface area contributed by atoms with Gasteiger partial charge in [-0.2, -0.15) is 0 Å². The summed E-state index contributed by atoms with van der Waals surface area (Å²) in [6, 6.07) is 3.98. The van der Waals surface area contributed by atoms with E-state index in [1.165, 1.54) is 0 Å². The summed E-state index contributed by atoms with van der Waals surface area (Å²) in [5.74, 6) is 0. The highest BCUT2D eigenvalue weighted by atomic mass is 79.9. The van der Waals surface area contributed by atoms with Crippen molar-refractivity contribution in [2.24, 2.45) is 0 Å². The predicted molar refractivity (Wildman–Crippen MR) is 83.1 cm³/mol. The molecule has 0 bridgehead atoms. The summed E-state index contributed by atoms with van der Waals surface area (Å²) in [4.78, 5) is 2.31. The topological polar surface area (TPSA) is 15.3 Å². The van der Waals surface area contributed by atoms with Crippen LogP contribution < -0.4 is 10.2 Å². The first-order valence-electron chi connectivity index (χ1n) is 6.04. The number of nitrogens with one attached hydrogen (secondary N) is 1. The van der Waals surface area contributed by atoms with Crippen LogP contribution in [0.25, 0.3) is 0 Å². The summed E-state index contributed by atoms with van der Waals surface area (Å²) in [6.07, 6.45) is 1.10. The molecule has 100 valence electrons. The van der Waals surface area contributed by atoms with Crippen LogP contribution in [-0.2, 0) is 0 Å². The van der Waals surface area contributed by atoms with Gasteiger partial charge < -0.3 is 10.2 Å². The second kappa shape index (κ2) is 5.58. The third-order valence-electron chi connectivity index (χ3n) is 3.15. The van der Waals surface area contributed by atoms with Crippen LogP contribution in [0.4, 0.5) is 5.69 Å². The van der Waals surface area contributed by atoms with E-state index >= 15 is 0 Å². The summed E-state index contributed by atoms with van der Waals surface area (Å²) in [7, 11) is 0. The fraction of sp³-hybridized carbons (Fsp3) is 0.538. The Morgan fingerprint density at radius 3 is 2.72 bits per heavy atom. The van der Waals surface area contributed by atoms with Crippen LogP contribution in [0.1, 0.15) is 20.3 Å². The molecule has 1 fully saturated rings. The quantitative estimate of drug-likeness (QED) is 0.757. The SMILES string of the molecule is CC1(C)CN(c2ccc(Br)c(Cl)c2Cl)CCCN1. The zero-order valence-corrected chi connectivity index (χ0v) is 13.7. The summed E-state index contributed by atoms with van der Waals surface area (Å²) >= 11 is 15.9. The maximum atomic E-state index is 6.35. The monoisotopic (exact) mass is 350 g/mol. The normalized spacial score (nSPS) is 19.7. The van der Waals surface area contributed by atoms with E-state index in [-0.39, 0.29) is 5.54 Å². The minimum atomic E-state index is 0.0827. The predicted octanol–water partition coefficient (Wildman–Crippen LogP) is 4.33. The van der Waals surface area contributed by atoms with Crippen molar-refractivity contribution in [2.75, 3.05) is 24.5 Å². The molecule has 0 unspecified atom stereocenters. The van der Waals surface area contributed by atoms with Crippen LogP contribution in [0.15, 0.2) is 16.6 Å². The Balaban J connectivity index is 2.33. The third-order valence-corrected chi connectivity index (χ3v) is 4.91. The zero-order valence-electron chi connectivity index (χ0n) is 10.6. The molecule has 2 rings (SSSR count). The van der Waals surface area contributed by atoms with Gasteiger partial charge in [-0.1, -0.05) is 23.2 Å². The molecule has 1 aromatic carbocycles. The molecule has 1 aliphatic heterocycles. The van der Waals surface area contributed by atoms with Gasteiger partial charge in [-0.05, 0) is 54.9 Å². The average Bonchev–Trinajstić information content (AvgIpc) is 2.47. The molecule has 5 heteroatoms. The van der Waals surface area contributed by atoms with Crippen LogP contribution in [0.2, 0.25) is 10.0 Å². The van der Waals surface area contributed by atoms with Gasteiger partial charge in [0.15, 0.2) is 0 Å². The molecule has 0 spiro atoms.